The molecule has 0 aromatic heterocycles. The maximum Gasteiger partial charge on any atom is 0.335 e. The number of ether oxygens (including phenoxy) is 2. The molecule has 1 unspecified atom stereocenters. The number of halogens is 1. The van der Waals surface area contributed by atoms with Crippen molar-refractivity contribution in [1.82, 2.24) is 5.32 Å². The van der Waals surface area contributed by atoms with Crippen LogP contribution in [0.2, 0.25) is 0 Å². The Morgan fingerprint density at radius 3 is 2.93 bits per heavy atom. The molecule has 2 aliphatic rings. The van der Waals surface area contributed by atoms with E-state index in [9.17, 15) is 4.79 Å². The van der Waals surface area contributed by atoms with Crippen molar-refractivity contribution < 1.29 is 19.4 Å². The first-order chi connectivity index (χ1) is 7.15. The summed E-state index contributed by atoms with van der Waals surface area (Å²) in [6, 6.07) is 0. The molecule has 0 aliphatic carbocycles. The summed E-state index contributed by atoms with van der Waals surface area (Å²) in [5, 5.41) is 11.6. The Kier molecular flexibility index (Phi) is 2.83. The van der Waals surface area contributed by atoms with Crippen LogP contribution < -0.4 is 5.32 Å². The highest BCUT2D eigenvalue weighted by molar-refractivity contribution is 6.22. The van der Waals surface area contributed by atoms with E-state index in [2.05, 4.69) is 5.32 Å². The molecule has 0 aromatic carbocycles. The Labute approximate surface area is 91.3 Å². The van der Waals surface area contributed by atoms with Gasteiger partial charge in [0.15, 0.2) is 5.88 Å². The van der Waals surface area contributed by atoms with Crippen LogP contribution in [0.15, 0.2) is 23.6 Å². The maximum absolute atomic E-state index is 10.7. The molecule has 15 heavy (non-hydrogen) atoms. The number of carboxylic acids is 1. The molecule has 0 radical (unpaired) electrons. The summed E-state index contributed by atoms with van der Waals surface area (Å²) >= 11 is 5.79. The SMILES string of the molecule is O=C(O)C1=CC(Cl)NC(OC2COC2)=C1. The van der Waals surface area contributed by atoms with Crippen LogP contribution in [0.3, 0.4) is 0 Å². The first-order valence-corrected chi connectivity index (χ1v) is 4.90. The van der Waals surface area contributed by atoms with Crippen molar-refractivity contribution >= 4 is 17.6 Å². The number of carbonyl (C=O) groups is 1. The van der Waals surface area contributed by atoms with Gasteiger partial charge in [-0.25, -0.2) is 4.79 Å². The van der Waals surface area contributed by atoms with Gasteiger partial charge in [0.05, 0.1) is 18.8 Å². The lowest BCUT2D eigenvalue weighted by atomic mass is 10.2. The van der Waals surface area contributed by atoms with Crippen molar-refractivity contribution in [2.75, 3.05) is 13.2 Å². The molecule has 2 N–H and O–H groups in total. The molecule has 2 aliphatic heterocycles. The molecular weight excluding hydrogens is 222 g/mol. The minimum atomic E-state index is -1.02. The summed E-state index contributed by atoms with van der Waals surface area (Å²) in [4.78, 5) is 10.7. The minimum Gasteiger partial charge on any atom is -0.478 e. The van der Waals surface area contributed by atoms with Gasteiger partial charge in [-0.15, -0.1) is 0 Å². The first-order valence-electron chi connectivity index (χ1n) is 4.47. The van der Waals surface area contributed by atoms with Gasteiger partial charge in [-0.2, -0.15) is 0 Å². The maximum atomic E-state index is 10.7. The largest absolute Gasteiger partial charge is 0.478 e. The monoisotopic (exact) mass is 231 g/mol. The lowest BCUT2D eigenvalue weighted by Crippen LogP contribution is -2.39. The lowest BCUT2D eigenvalue weighted by molar-refractivity contribution is -0.132. The van der Waals surface area contributed by atoms with Crippen molar-refractivity contribution in [3.05, 3.63) is 23.6 Å². The van der Waals surface area contributed by atoms with E-state index in [-0.39, 0.29) is 11.7 Å². The fourth-order valence-electron chi connectivity index (χ4n) is 1.23. The normalized spacial score (nSPS) is 25.8. The molecule has 0 aromatic rings. The number of dihydropyridines is 1. The Morgan fingerprint density at radius 1 is 1.67 bits per heavy atom. The minimum absolute atomic E-state index is 0.0132. The van der Waals surface area contributed by atoms with Crippen LogP contribution in [0.5, 0.6) is 0 Å². The van der Waals surface area contributed by atoms with Gasteiger partial charge >= 0.3 is 5.97 Å². The standard InChI is InChI=1S/C9H10ClNO4/c10-7-1-5(9(12)13)2-8(11-7)15-6-3-14-4-6/h1-2,6-7,11H,3-4H2,(H,12,13). The molecule has 6 heteroatoms. The number of rotatable bonds is 3. The number of carboxylic acid groups (broad SMARTS) is 1. The zero-order valence-electron chi connectivity index (χ0n) is 7.77. The number of hydrogen-bond acceptors (Lipinski definition) is 4. The molecule has 2 rings (SSSR count). The highest BCUT2D eigenvalue weighted by Gasteiger charge is 2.24. The Morgan fingerprint density at radius 2 is 2.40 bits per heavy atom. The first kappa shape index (κ1) is 10.3. The Hall–Kier alpha value is -1.20. The second-order valence-corrected chi connectivity index (χ2v) is 3.73. The number of aliphatic carboxylic acids is 1. The summed E-state index contributed by atoms with van der Waals surface area (Å²) in [6.45, 7) is 1.05. The molecule has 0 bridgehead atoms. The van der Waals surface area contributed by atoms with E-state index in [1.54, 1.807) is 0 Å². The summed E-state index contributed by atoms with van der Waals surface area (Å²) in [6.07, 6.45) is 2.81. The van der Waals surface area contributed by atoms with Crippen molar-refractivity contribution in [3.8, 4) is 0 Å². The van der Waals surface area contributed by atoms with Crippen molar-refractivity contribution in [2.45, 2.75) is 11.6 Å². The average Bonchev–Trinajstić information content (AvgIpc) is 2.10. The third-order valence-electron chi connectivity index (χ3n) is 2.04. The van der Waals surface area contributed by atoms with Crippen LogP contribution in [0.4, 0.5) is 0 Å². The molecule has 82 valence electrons. The van der Waals surface area contributed by atoms with Crippen molar-refractivity contribution in [3.63, 3.8) is 0 Å². The van der Waals surface area contributed by atoms with E-state index >= 15 is 0 Å². The van der Waals surface area contributed by atoms with Crippen LogP contribution in [-0.4, -0.2) is 35.9 Å². The van der Waals surface area contributed by atoms with Gasteiger partial charge in [0, 0.05) is 6.08 Å². The van der Waals surface area contributed by atoms with Crippen LogP contribution >= 0.6 is 11.6 Å². The van der Waals surface area contributed by atoms with E-state index in [0.717, 1.165) is 0 Å². The van der Waals surface area contributed by atoms with Crippen molar-refractivity contribution in [1.29, 1.82) is 0 Å². The molecule has 1 atom stereocenters. The lowest BCUT2D eigenvalue weighted by Gasteiger charge is -2.29. The van der Waals surface area contributed by atoms with Crippen molar-refractivity contribution in [2.24, 2.45) is 0 Å². The third kappa shape index (κ3) is 2.43. The van der Waals surface area contributed by atoms with Crippen LogP contribution in [0.1, 0.15) is 0 Å². The van der Waals surface area contributed by atoms with Gasteiger partial charge in [-0.3, -0.25) is 0 Å². The Bertz CT molecular complexity index is 335. The zero-order valence-corrected chi connectivity index (χ0v) is 8.53. The number of alkyl halides is 1. The van der Waals surface area contributed by atoms with E-state index in [4.69, 9.17) is 26.2 Å². The van der Waals surface area contributed by atoms with Gasteiger partial charge in [-0.05, 0) is 6.08 Å². The van der Waals surface area contributed by atoms with E-state index in [0.29, 0.717) is 19.1 Å². The van der Waals surface area contributed by atoms with Gasteiger partial charge in [0.2, 0.25) is 0 Å². The fraction of sp³-hybridized carbons (Fsp3) is 0.444. The molecule has 0 saturated carbocycles. The topological polar surface area (TPSA) is 67.8 Å². The number of hydrogen-bond donors (Lipinski definition) is 2. The molecule has 0 spiro atoms. The predicted molar refractivity (Wildman–Crippen MR) is 52.3 cm³/mol. The van der Waals surface area contributed by atoms with Crippen LogP contribution in [0.25, 0.3) is 0 Å². The van der Waals surface area contributed by atoms with Gasteiger partial charge in [0.1, 0.15) is 11.6 Å². The molecule has 0 amide bonds. The Balaban J connectivity index is 2.04. The quantitative estimate of drug-likeness (QED) is 0.544. The van der Waals surface area contributed by atoms with Crippen LogP contribution in [0, 0.1) is 0 Å². The average molecular weight is 232 g/mol. The van der Waals surface area contributed by atoms with Crippen LogP contribution in [-0.2, 0) is 14.3 Å². The summed E-state index contributed by atoms with van der Waals surface area (Å²) in [5.74, 6) is -0.642. The molecule has 1 saturated heterocycles. The zero-order chi connectivity index (χ0) is 10.8. The molecule has 1 fully saturated rings. The van der Waals surface area contributed by atoms with E-state index in [1.807, 2.05) is 0 Å². The highest BCUT2D eigenvalue weighted by Crippen LogP contribution is 2.17. The number of nitrogens with one attached hydrogen (secondary N) is 1. The fourth-order valence-corrected chi connectivity index (χ4v) is 1.47. The summed E-state index contributed by atoms with van der Waals surface area (Å²) in [5.41, 5.74) is -0.430. The third-order valence-corrected chi connectivity index (χ3v) is 2.28. The van der Waals surface area contributed by atoms with Gasteiger partial charge < -0.3 is 19.9 Å². The summed E-state index contributed by atoms with van der Waals surface area (Å²) in [7, 11) is 0. The second-order valence-electron chi connectivity index (χ2n) is 3.26. The molecular formula is C9H10ClNO4. The van der Waals surface area contributed by atoms with E-state index in [1.165, 1.54) is 12.2 Å². The molecule has 2 heterocycles. The second kappa shape index (κ2) is 4.12. The smallest absolute Gasteiger partial charge is 0.335 e. The highest BCUT2D eigenvalue weighted by atomic mass is 35.5. The molecule has 5 nitrogen and oxygen atoms in total. The predicted octanol–water partition coefficient (Wildman–Crippen LogP) is 0.422. The summed E-state index contributed by atoms with van der Waals surface area (Å²) < 4.78 is 10.3. The van der Waals surface area contributed by atoms with Gasteiger partial charge in [-0.1, -0.05) is 11.6 Å². The van der Waals surface area contributed by atoms with E-state index < -0.39 is 11.5 Å². The van der Waals surface area contributed by atoms with Gasteiger partial charge in [0.25, 0.3) is 0 Å².